The minimum atomic E-state index is -0.0931. The van der Waals surface area contributed by atoms with Gasteiger partial charge in [-0.2, -0.15) is 5.26 Å². The highest BCUT2D eigenvalue weighted by molar-refractivity contribution is 5.78. The average molecular weight is 347 g/mol. The zero-order valence-corrected chi connectivity index (χ0v) is 14.1. The standard InChI is InChI=1S/C19H17N5O2/c20-12-14-6-8-15(9-7-14)26-13-18(25)23-11-3-4-16(23)19-22-21-17-5-1-2-10-24(17)19/h1-2,5-10,16H,3-4,11,13H2/t16-/m1/s1. The van der Waals surface area contributed by atoms with Gasteiger partial charge in [0.25, 0.3) is 5.91 Å². The van der Waals surface area contributed by atoms with Crippen LogP contribution in [0.5, 0.6) is 5.75 Å². The fourth-order valence-corrected chi connectivity index (χ4v) is 3.27. The summed E-state index contributed by atoms with van der Waals surface area (Å²) in [5.74, 6) is 1.27. The number of pyridine rings is 1. The maximum atomic E-state index is 12.7. The van der Waals surface area contributed by atoms with E-state index in [1.165, 1.54) is 0 Å². The second kappa shape index (κ2) is 6.84. The van der Waals surface area contributed by atoms with Gasteiger partial charge in [0.2, 0.25) is 0 Å². The Hall–Kier alpha value is -3.40. The molecule has 3 aromatic rings. The van der Waals surface area contributed by atoms with Crippen LogP contribution in [0.15, 0.2) is 48.7 Å². The van der Waals surface area contributed by atoms with Crippen molar-refractivity contribution in [3.8, 4) is 11.8 Å². The monoisotopic (exact) mass is 347 g/mol. The lowest BCUT2D eigenvalue weighted by Gasteiger charge is -2.23. The molecule has 7 heteroatoms. The first kappa shape index (κ1) is 16.1. The number of nitrogens with zero attached hydrogens (tertiary/aromatic N) is 5. The Morgan fingerprint density at radius 2 is 2.08 bits per heavy atom. The normalized spacial score (nSPS) is 16.6. The van der Waals surface area contributed by atoms with Crippen LogP contribution in [0.2, 0.25) is 0 Å². The lowest BCUT2D eigenvalue weighted by atomic mass is 10.2. The van der Waals surface area contributed by atoms with E-state index in [1.807, 2.05) is 33.7 Å². The zero-order valence-electron chi connectivity index (χ0n) is 14.1. The van der Waals surface area contributed by atoms with Gasteiger partial charge in [0.05, 0.1) is 17.7 Å². The molecule has 1 aromatic carbocycles. The Balaban J connectivity index is 1.47. The Bertz CT molecular complexity index is 974. The molecule has 0 saturated carbocycles. The number of likely N-dealkylation sites (tertiary alicyclic amines) is 1. The molecular formula is C19H17N5O2. The number of amides is 1. The molecule has 0 unspecified atom stereocenters. The molecule has 0 N–H and O–H groups in total. The molecule has 0 bridgehead atoms. The number of hydrogen-bond acceptors (Lipinski definition) is 5. The molecule has 3 heterocycles. The third-order valence-electron chi connectivity index (χ3n) is 4.56. The third-order valence-corrected chi connectivity index (χ3v) is 4.56. The summed E-state index contributed by atoms with van der Waals surface area (Å²) in [6, 6.07) is 14.4. The van der Waals surface area contributed by atoms with E-state index < -0.39 is 0 Å². The number of carbonyl (C=O) groups excluding carboxylic acids is 1. The second-order valence-corrected chi connectivity index (χ2v) is 6.16. The smallest absolute Gasteiger partial charge is 0.261 e. The number of aromatic nitrogens is 3. The molecule has 26 heavy (non-hydrogen) atoms. The summed E-state index contributed by atoms with van der Waals surface area (Å²) in [6.07, 6.45) is 3.70. The van der Waals surface area contributed by atoms with E-state index in [1.54, 1.807) is 24.3 Å². The number of rotatable bonds is 4. The molecule has 1 fully saturated rings. The van der Waals surface area contributed by atoms with Crippen molar-refractivity contribution in [3.05, 3.63) is 60.0 Å². The zero-order chi connectivity index (χ0) is 17.9. The van der Waals surface area contributed by atoms with Crippen molar-refractivity contribution in [2.24, 2.45) is 0 Å². The highest BCUT2D eigenvalue weighted by Gasteiger charge is 2.33. The maximum Gasteiger partial charge on any atom is 0.261 e. The van der Waals surface area contributed by atoms with Gasteiger partial charge in [-0.15, -0.1) is 10.2 Å². The van der Waals surface area contributed by atoms with Crippen molar-refractivity contribution in [2.45, 2.75) is 18.9 Å². The van der Waals surface area contributed by atoms with Gasteiger partial charge >= 0.3 is 0 Å². The number of fused-ring (bicyclic) bond motifs is 1. The van der Waals surface area contributed by atoms with Crippen LogP contribution in [0.4, 0.5) is 0 Å². The molecule has 1 aliphatic rings. The molecule has 1 saturated heterocycles. The first-order valence-corrected chi connectivity index (χ1v) is 8.48. The van der Waals surface area contributed by atoms with Crippen LogP contribution in [0.3, 0.4) is 0 Å². The van der Waals surface area contributed by atoms with Crippen LogP contribution >= 0.6 is 0 Å². The quantitative estimate of drug-likeness (QED) is 0.723. The van der Waals surface area contributed by atoms with Gasteiger partial charge in [0.1, 0.15) is 5.75 Å². The van der Waals surface area contributed by atoms with Crippen molar-refractivity contribution in [1.29, 1.82) is 5.26 Å². The Labute approximate surface area is 150 Å². The lowest BCUT2D eigenvalue weighted by molar-refractivity contribution is -0.134. The van der Waals surface area contributed by atoms with Crippen LogP contribution in [0.1, 0.15) is 30.3 Å². The van der Waals surface area contributed by atoms with Crippen LogP contribution in [-0.4, -0.2) is 38.6 Å². The molecule has 2 aromatic heterocycles. The molecule has 1 aliphatic heterocycles. The van der Waals surface area contributed by atoms with Crippen molar-refractivity contribution in [1.82, 2.24) is 19.5 Å². The maximum absolute atomic E-state index is 12.7. The van der Waals surface area contributed by atoms with Crippen molar-refractivity contribution in [3.63, 3.8) is 0 Å². The van der Waals surface area contributed by atoms with E-state index in [0.29, 0.717) is 17.9 Å². The fraction of sp³-hybridized carbons (Fsp3) is 0.263. The van der Waals surface area contributed by atoms with E-state index in [2.05, 4.69) is 16.3 Å². The Kier molecular flexibility index (Phi) is 4.23. The number of ether oxygens (including phenoxy) is 1. The van der Waals surface area contributed by atoms with E-state index in [-0.39, 0.29) is 18.6 Å². The highest BCUT2D eigenvalue weighted by Crippen LogP contribution is 2.31. The van der Waals surface area contributed by atoms with E-state index in [0.717, 1.165) is 24.3 Å². The van der Waals surface area contributed by atoms with E-state index in [4.69, 9.17) is 10.00 Å². The molecular weight excluding hydrogens is 330 g/mol. The third kappa shape index (κ3) is 2.97. The summed E-state index contributed by atoms with van der Waals surface area (Å²) in [5.41, 5.74) is 1.33. The summed E-state index contributed by atoms with van der Waals surface area (Å²) in [5, 5.41) is 17.3. The van der Waals surface area contributed by atoms with Gasteiger partial charge < -0.3 is 9.64 Å². The van der Waals surface area contributed by atoms with E-state index in [9.17, 15) is 4.79 Å². The summed E-state index contributed by atoms with van der Waals surface area (Å²) < 4.78 is 7.52. The van der Waals surface area contributed by atoms with Gasteiger partial charge in [-0.05, 0) is 49.2 Å². The summed E-state index contributed by atoms with van der Waals surface area (Å²) in [6.45, 7) is 0.640. The number of carbonyl (C=O) groups is 1. The molecule has 4 rings (SSSR count). The predicted octanol–water partition coefficient (Wildman–Crippen LogP) is 2.34. The van der Waals surface area contributed by atoms with Crippen LogP contribution in [0.25, 0.3) is 5.65 Å². The molecule has 0 spiro atoms. The first-order valence-electron chi connectivity index (χ1n) is 8.48. The van der Waals surface area contributed by atoms with E-state index >= 15 is 0 Å². The fourth-order valence-electron chi connectivity index (χ4n) is 3.27. The van der Waals surface area contributed by atoms with Gasteiger partial charge in [0.15, 0.2) is 18.1 Å². The van der Waals surface area contributed by atoms with Crippen molar-refractivity contribution in [2.75, 3.05) is 13.2 Å². The minimum Gasteiger partial charge on any atom is -0.484 e. The molecule has 130 valence electrons. The predicted molar refractivity (Wildman–Crippen MR) is 93.3 cm³/mol. The number of benzene rings is 1. The van der Waals surface area contributed by atoms with Gasteiger partial charge in [-0.25, -0.2) is 0 Å². The SMILES string of the molecule is N#Cc1ccc(OCC(=O)N2CCC[C@@H]2c2nnc3ccccn23)cc1. The largest absolute Gasteiger partial charge is 0.484 e. The summed E-state index contributed by atoms with van der Waals surface area (Å²) in [4.78, 5) is 14.5. The number of hydrogen-bond donors (Lipinski definition) is 0. The van der Waals surface area contributed by atoms with Crippen LogP contribution in [0, 0.1) is 11.3 Å². The topological polar surface area (TPSA) is 83.5 Å². The molecule has 1 atom stereocenters. The molecule has 0 aliphatic carbocycles. The average Bonchev–Trinajstić information content (AvgIpc) is 3.33. The van der Waals surface area contributed by atoms with Crippen molar-refractivity contribution >= 4 is 11.6 Å². The first-order chi connectivity index (χ1) is 12.8. The van der Waals surface area contributed by atoms with Gasteiger partial charge in [0, 0.05) is 12.7 Å². The molecule has 0 radical (unpaired) electrons. The summed E-state index contributed by atoms with van der Waals surface area (Å²) in [7, 11) is 0. The van der Waals surface area contributed by atoms with Crippen LogP contribution in [-0.2, 0) is 4.79 Å². The highest BCUT2D eigenvalue weighted by atomic mass is 16.5. The molecule has 1 amide bonds. The minimum absolute atomic E-state index is 0.0425. The Morgan fingerprint density at radius 3 is 2.88 bits per heavy atom. The Morgan fingerprint density at radius 1 is 1.23 bits per heavy atom. The van der Waals surface area contributed by atoms with Gasteiger partial charge in [-0.1, -0.05) is 6.07 Å². The van der Waals surface area contributed by atoms with Gasteiger partial charge in [-0.3, -0.25) is 9.20 Å². The summed E-state index contributed by atoms with van der Waals surface area (Å²) >= 11 is 0. The lowest BCUT2D eigenvalue weighted by Crippen LogP contribution is -2.35. The van der Waals surface area contributed by atoms with Crippen LogP contribution < -0.4 is 4.74 Å². The molecule has 7 nitrogen and oxygen atoms in total. The second-order valence-electron chi connectivity index (χ2n) is 6.16. The number of nitriles is 1. The van der Waals surface area contributed by atoms with Crippen molar-refractivity contribution < 1.29 is 9.53 Å².